The predicted molar refractivity (Wildman–Crippen MR) is 197 cm³/mol. The summed E-state index contributed by atoms with van der Waals surface area (Å²) >= 11 is 0. The standard InChI is InChI=1S/C42H68O13/c1-21-28(46)30(48)31(49)34(52-21)55-33-29(47)22(18-43)53-35(32(33)50)54-27-10-11-37(4)23(38(27,5)19-44)8-12-39(6)24(37)9-13-42-25-16-36(2,3)14-15-41(25,20-51-42)26(45)17-40(39,42)7/h9,13,21-35,43-50H,8,10-12,14-20H2,1-7H3/t21-,22-,23?,24?,25?,26+,27?,28?,29?,30+,31?,32?,33?,34?,35?,37?,38+,39?,40?,41?,42?/m1/s1. The van der Waals surface area contributed by atoms with Crippen LogP contribution in [0.15, 0.2) is 12.2 Å². The van der Waals surface area contributed by atoms with Gasteiger partial charge in [0.1, 0.15) is 42.7 Å². The van der Waals surface area contributed by atoms with Gasteiger partial charge >= 0.3 is 0 Å². The number of hydrogen-bond acceptors (Lipinski definition) is 13. The van der Waals surface area contributed by atoms with E-state index in [0.717, 1.165) is 38.5 Å². The van der Waals surface area contributed by atoms with Crippen LogP contribution in [-0.2, 0) is 23.7 Å². The lowest BCUT2D eigenvalue weighted by molar-refractivity contribution is -0.368. The van der Waals surface area contributed by atoms with E-state index in [-0.39, 0.29) is 51.4 Å². The second-order valence-corrected chi connectivity index (χ2v) is 21.0. The van der Waals surface area contributed by atoms with Gasteiger partial charge in [0.25, 0.3) is 0 Å². The van der Waals surface area contributed by atoms with Gasteiger partial charge in [0.05, 0.1) is 43.7 Å². The minimum Gasteiger partial charge on any atom is -0.396 e. The Morgan fingerprint density at radius 3 is 2.13 bits per heavy atom. The van der Waals surface area contributed by atoms with E-state index in [1.54, 1.807) is 0 Å². The number of aliphatic hydroxyl groups is 8. The molecule has 3 aliphatic heterocycles. The van der Waals surface area contributed by atoms with E-state index in [1.165, 1.54) is 6.92 Å². The van der Waals surface area contributed by atoms with E-state index in [1.807, 2.05) is 6.92 Å². The molecule has 1 spiro atoms. The molecule has 4 saturated carbocycles. The maximum Gasteiger partial charge on any atom is 0.187 e. The lowest BCUT2D eigenvalue weighted by Crippen LogP contribution is -2.72. The van der Waals surface area contributed by atoms with Gasteiger partial charge in [-0.05, 0) is 86.4 Å². The van der Waals surface area contributed by atoms with Crippen LogP contribution in [0.1, 0.15) is 99.8 Å². The van der Waals surface area contributed by atoms with Crippen LogP contribution < -0.4 is 0 Å². The van der Waals surface area contributed by atoms with Gasteiger partial charge in [0.15, 0.2) is 12.6 Å². The molecule has 0 amide bonds. The Bertz CT molecular complexity index is 1490. The van der Waals surface area contributed by atoms with Crippen molar-refractivity contribution in [3.63, 3.8) is 0 Å². The molecule has 0 aromatic heterocycles. The van der Waals surface area contributed by atoms with Crippen LogP contribution in [-0.4, -0.2) is 140 Å². The molecule has 0 aromatic rings. The largest absolute Gasteiger partial charge is 0.396 e. The van der Waals surface area contributed by atoms with Gasteiger partial charge in [0.2, 0.25) is 0 Å². The van der Waals surface area contributed by atoms with Gasteiger partial charge < -0.3 is 64.5 Å². The predicted octanol–water partition coefficient (Wildman–Crippen LogP) is 1.78. The van der Waals surface area contributed by atoms with Crippen molar-refractivity contribution in [3.05, 3.63) is 12.2 Å². The van der Waals surface area contributed by atoms with E-state index in [4.69, 9.17) is 23.7 Å². The zero-order chi connectivity index (χ0) is 39.9. The minimum absolute atomic E-state index is 0.0158. The summed E-state index contributed by atoms with van der Waals surface area (Å²) in [6.45, 7) is 15.2. The molecule has 8 aliphatic rings. The molecule has 3 saturated heterocycles. The first-order chi connectivity index (χ1) is 25.7. The fraction of sp³-hybridized carbons (Fsp3) is 0.952. The molecule has 0 aromatic carbocycles. The van der Waals surface area contributed by atoms with Crippen LogP contribution in [0, 0.1) is 50.2 Å². The Kier molecular flexibility index (Phi) is 9.95. The Morgan fingerprint density at radius 1 is 0.727 bits per heavy atom. The molecule has 13 nitrogen and oxygen atoms in total. The number of allylic oxidation sites excluding steroid dienone is 1. The van der Waals surface area contributed by atoms with Crippen LogP contribution in [0.3, 0.4) is 0 Å². The van der Waals surface area contributed by atoms with E-state index in [9.17, 15) is 40.9 Å². The molecule has 55 heavy (non-hydrogen) atoms. The molecule has 5 aliphatic carbocycles. The molecule has 7 fully saturated rings. The molecule has 21 atom stereocenters. The van der Waals surface area contributed by atoms with Crippen LogP contribution in [0.2, 0.25) is 0 Å². The highest BCUT2D eigenvalue weighted by Gasteiger charge is 2.79. The summed E-state index contributed by atoms with van der Waals surface area (Å²) in [6, 6.07) is 0. The number of fused-ring (bicyclic) bond motifs is 4. The van der Waals surface area contributed by atoms with Crippen molar-refractivity contribution in [1.82, 2.24) is 0 Å². The Hall–Kier alpha value is -0.780. The second-order valence-electron chi connectivity index (χ2n) is 21.0. The quantitative estimate of drug-likeness (QED) is 0.143. The SMILES string of the molecule is C[C@H]1OC(OC2C(O)C(OC3CCC4(C)C5C=CC67OCC8(CCC(C)(C)CC86)[C@@H](O)CC7(C)C5(C)CCC4[C@]3(C)CO)O[C@H](CO)C2O)C(O)[C@@H](O)C1O. The second kappa shape index (κ2) is 13.4. The first kappa shape index (κ1) is 41.0. The smallest absolute Gasteiger partial charge is 0.187 e. The molecule has 8 N–H and O–H groups in total. The van der Waals surface area contributed by atoms with Crippen molar-refractivity contribution >= 4 is 0 Å². The summed E-state index contributed by atoms with van der Waals surface area (Å²) in [5, 5.41) is 87.5. The zero-order valence-corrected chi connectivity index (χ0v) is 33.7. The zero-order valence-electron chi connectivity index (χ0n) is 33.7. The first-order valence-electron chi connectivity index (χ1n) is 20.9. The van der Waals surface area contributed by atoms with Crippen molar-refractivity contribution in [3.8, 4) is 0 Å². The minimum atomic E-state index is -1.67. The molecule has 314 valence electrons. The van der Waals surface area contributed by atoms with Gasteiger partial charge in [-0.1, -0.05) is 53.7 Å². The van der Waals surface area contributed by atoms with Gasteiger partial charge in [-0.3, -0.25) is 0 Å². The van der Waals surface area contributed by atoms with Crippen molar-refractivity contribution < 1.29 is 64.5 Å². The molecular formula is C42H68O13. The lowest BCUT2D eigenvalue weighted by Gasteiger charge is -2.73. The number of ether oxygens (including phenoxy) is 5. The maximum absolute atomic E-state index is 12.1. The molecule has 8 rings (SSSR count). The summed E-state index contributed by atoms with van der Waals surface area (Å²) < 4.78 is 31.2. The van der Waals surface area contributed by atoms with Gasteiger partial charge in [0, 0.05) is 22.2 Å². The Labute approximate surface area is 325 Å². The number of hydrogen-bond donors (Lipinski definition) is 8. The highest BCUT2D eigenvalue weighted by molar-refractivity contribution is 5.36. The highest BCUT2D eigenvalue weighted by atomic mass is 16.7. The monoisotopic (exact) mass is 780 g/mol. The van der Waals surface area contributed by atoms with Crippen molar-refractivity contribution in [2.45, 2.75) is 179 Å². The molecular weight excluding hydrogens is 712 g/mol. The van der Waals surface area contributed by atoms with Gasteiger partial charge in [-0.15, -0.1) is 0 Å². The normalized spacial score (nSPS) is 59.7. The summed E-state index contributed by atoms with van der Waals surface area (Å²) in [5.74, 6) is 0.401. The van der Waals surface area contributed by atoms with E-state index in [0.29, 0.717) is 19.4 Å². The third-order valence-corrected chi connectivity index (χ3v) is 17.9. The maximum atomic E-state index is 12.1. The molecule has 13 heteroatoms. The van der Waals surface area contributed by atoms with Crippen LogP contribution in [0.5, 0.6) is 0 Å². The van der Waals surface area contributed by atoms with Crippen molar-refractivity contribution in [1.29, 1.82) is 0 Å². The lowest BCUT2D eigenvalue weighted by atomic mass is 9.32. The average Bonchev–Trinajstić information content (AvgIpc) is 3.41. The Balaban J connectivity index is 1.06. The fourth-order valence-corrected chi connectivity index (χ4v) is 14.3. The summed E-state index contributed by atoms with van der Waals surface area (Å²) in [5.41, 5.74) is -2.00. The van der Waals surface area contributed by atoms with Crippen LogP contribution in [0.25, 0.3) is 0 Å². The summed E-state index contributed by atoms with van der Waals surface area (Å²) in [7, 11) is 0. The van der Waals surface area contributed by atoms with E-state index in [2.05, 4.69) is 46.8 Å². The van der Waals surface area contributed by atoms with E-state index >= 15 is 0 Å². The number of aliphatic hydroxyl groups excluding tert-OH is 8. The molecule has 3 heterocycles. The summed E-state index contributed by atoms with van der Waals surface area (Å²) in [4.78, 5) is 0. The highest BCUT2D eigenvalue weighted by Crippen LogP contribution is 2.79. The van der Waals surface area contributed by atoms with Gasteiger partial charge in [-0.2, -0.15) is 0 Å². The average molecular weight is 781 g/mol. The van der Waals surface area contributed by atoms with Crippen LogP contribution in [0.4, 0.5) is 0 Å². The fourth-order valence-electron chi connectivity index (χ4n) is 14.3. The number of rotatable bonds is 6. The third kappa shape index (κ3) is 5.44. The third-order valence-electron chi connectivity index (χ3n) is 17.9. The topological polar surface area (TPSA) is 208 Å². The Morgan fingerprint density at radius 2 is 1.44 bits per heavy atom. The molecule has 16 unspecified atom stereocenters. The van der Waals surface area contributed by atoms with Crippen LogP contribution >= 0.6 is 0 Å². The summed E-state index contributed by atoms with van der Waals surface area (Å²) in [6.07, 6.45) is -3.55. The van der Waals surface area contributed by atoms with Crippen molar-refractivity contribution in [2.75, 3.05) is 19.8 Å². The molecule has 0 radical (unpaired) electrons. The van der Waals surface area contributed by atoms with E-state index < -0.39 is 91.2 Å². The van der Waals surface area contributed by atoms with Crippen molar-refractivity contribution in [2.24, 2.45) is 50.2 Å². The molecule has 2 bridgehead atoms. The first-order valence-corrected chi connectivity index (χ1v) is 20.9. The van der Waals surface area contributed by atoms with Gasteiger partial charge in [-0.25, -0.2) is 0 Å².